The Bertz CT molecular complexity index is 1020. The molecule has 1 amide bonds. The zero-order chi connectivity index (χ0) is 19.9. The van der Waals surface area contributed by atoms with Crippen molar-refractivity contribution in [3.05, 3.63) is 45.2 Å². The van der Waals surface area contributed by atoms with Crippen LogP contribution in [0, 0.1) is 0 Å². The molecule has 1 aliphatic carbocycles. The molecule has 3 heterocycles. The van der Waals surface area contributed by atoms with Crippen LogP contribution in [-0.2, 0) is 0 Å². The minimum Gasteiger partial charge on any atom is -0.364 e. The number of hydrogen-bond donors (Lipinski definition) is 3. The van der Waals surface area contributed by atoms with Gasteiger partial charge in [-0.1, -0.05) is 0 Å². The van der Waals surface area contributed by atoms with Crippen molar-refractivity contribution in [1.29, 1.82) is 0 Å². The molecule has 1 saturated carbocycles. The monoisotopic (exact) mass is 469 g/mol. The van der Waals surface area contributed by atoms with Gasteiger partial charge in [-0.15, -0.1) is 16.4 Å². The topological polar surface area (TPSA) is 84.4 Å². The molecule has 10 heteroatoms. The van der Waals surface area contributed by atoms with Gasteiger partial charge in [-0.05, 0) is 64.5 Å². The average molecular weight is 470 g/mol. The smallest absolute Gasteiger partial charge is 0.274 e. The summed E-state index contributed by atoms with van der Waals surface area (Å²) >= 11 is 4.85. The summed E-state index contributed by atoms with van der Waals surface area (Å²) in [5, 5.41) is 12.1. The third kappa shape index (κ3) is 3.63. The normalized spacial score (nSPS) is 21.6. The fourth-order valence-corrected chi connectivity index (χ4v) is 4.48. The maximum Gasteiger partial charge on any atom is 0.274 e. The number of nitrogens with one attached hydrogen (secondary N) is 2. The number of amides is 1. The van der Waals surface area contributed by atoms with Gasteiger partial charge in [0.1, 0.15) is 11.5 Å². The van der Waals surface area contributed by atoms with Crippen LogP contribution in [0.15, 0.2) is 39.5 Å². The Balaban J connectivity index is 1.58. The van der Waals surface area contributed by atoms with Crippen LogP contribution in [0.3, 0.4) is 0 Å². The quantitative estimate of drug-likeness (QED) is 0.530. The van der Waals surface area contributed by atoms with Gasteiger partial charge in [0.2, 0.25) is 0 Å². The number of halogens is 3. The lowest BCUT2D eigenvalue weighted by Gasteiger charge is -2.36. The molecule has 2 atom stereocenters. The zero-order valence-corrected chi connectivity index (χ0v) is 17.1. The van der Waals surface area contributed by atoms with Crippen LogP contribution in [0.5, 0.6) is 0 Å². The highest BCUT2D eigenvalue weighted by molar-refractivity contribution is 9.11. The minimum atomic E-state index is -2.90. The Kier molecular flexibility index (Phi) is 5.11. The Morgan fingerprint density at radius 3 is 2.86 bits per heavy atom. The first-order valence-corrected chi connectivity index (χ1v) is 10.5. The van der Waals surface area contributed by atoms with E-state index in [1.54, 1.807) is 30.3 Å². The summed E-state index contributed by atoms with van der Waals surface area (Å²) in [7, 11) is 0. The van der Waals surface area contributed by atoms with E-state index in [1.807, 2.05) is 5.38 Å². The van der Waals surface area contributed by atoms with Crippen molar-refractivity contribution in [3.8, 4) is 0 Å². The molecule has 0 saturated heterocycles. The summed E-state index contributed by atoms with van der Waals surface area (Å²) in [6.45, 7) is 0. The first kappa shape index (κ1) is 19.3. The highest BCUT2D eigenvalue weighted by Crippen LogP contribution is 2.33. The molecule has 0 bridgehead atoms. The number of nitrogens with two attached hydrogens (primary N) is 1. The second kappa shape index (κ2) is 7.41. The second-order valence-electron chi connectivity index (χ2n) is 6.77. The summed E-state index contributed by atoms with van der Waals surface area (Å²) in [6.07, 6.45) is 0.744. The molecule has 0 spiro atoms. The van der Waals surface area contributed by atoms with Crippen molar-refractivity contribution >= 4 is 50.2 Å². The van der Waals surface area contributed by atoms with E-state index in [4.69, 9.17) is 5.73 Å². The summed E-state index contributed by atoms with van der Waals surface area (Å²) in [5.74, 6) is -2.82. The Labute approximate surface area is 172 Å². The largest absolute Gasteiger partial charge is 0.364 e. The average Bonchev–Trinajstić information content (AvgIpc) is 3.25. The van der Waals surface area contributed by atoms with Gasteiger partial charge in [0.05, 0.1) is 21.0 Å². The zero-order valence-electron chi connectivity index (χ0n) is 14.7. The third-order valence-electron chi connectivity index (χ3n) is 4.88. The number of thiophene rings is 1. The minimum absolute atomic E-state index is 0.196. The van der Waals surface area contributed by atoms with Gasteiger partial charge in [0.25, 0.3) is 11.8 Å². The van der Waals surface area contributed by atoms with Gasteiger partial charge < -0.3 is 16.4 Å². The SMILES string of the molecule is N[C@@H]1[C@H](Nc2ccc3ccc(C(=O)Nc4ccsc4Br)n3n2)CCCC1(F)F. The molecule has 1 fully saturated rings. The van der Waals surface area contributed by atoms with Crippen LogP contribution >= 0.6 is 27.3 Å². The van der Waals surface area contributed by atoms with Crippen molar-refractivity contribution in [2.24, 2.45) is 5.73 Å². The highest BCUT2D eigenvalue weighted by Gasteiger charge is 2.44. The van der Waals surface area contributed by atoms with Crippen molar-refractivity contribution in [3.63, 3.8) is 0 Å². The summed E-state index contributed by atoms with van der Waals surface area (Å²) < 4.78 is 30.1. The van der Waals surface area contributed by atoms with Crippen LogP contribution in [0.25, 0.3) is 5.52 Å². The summed E-state index contributed by atoms with van der Waals surface area (Å²) in [6, 6.07) is 6.86. The van der Waals surface area contributed by atoms with E-state index < -0.39 is 18.0 Å². The van der Waals surface area contributed by atoms with Crippen LogP contribution in [0.2, 0.25) is 0 Å². The van der Waals surface area contributed by atoms with E-state index in [9.17, 15) is 13.6 Å². The van der Waals surface area contributed by atoms with Gasteiger partial charge in [0.15, 0.2) is 0 Å². The third-order valence-corrected chi connectivity index (χ3v) is 6.57. The van der Waals surface area contributed by atoms with E-state index in [0.29, 0.717) is 30.0 Å². The second-order valence-corrected chi connectivity index (χ2v) is 9.00. The van der Waals surface area contributed by atoms with Gasteiger partial charge in [-0.25, -0.2) is 13.3 Å². The Morgan fingerprint density at radius 1 is 1.32 bits per heavy atom. The van der Waals surface area contributed by atoms with E-state index in [2.05, 4.69) is 31.7 Å². The number of fused-ring (bicyclic) bond motifs is 1. The number of aromatic nitrogens is 2. The standard InChI is InChI=1S/C18H18BrF2N5OS/c19-16-12(7-9-28-16)24-17(27)13-5-3-10-4-6-14(25-26(10)13)23-11-2-1-8-18(20,21)15(11)22/h3-7,9,11,15H,1-2,8,22H2,(H,23,25)(H,24,27)/t11-,15-/m1/s1. The highest BCUT2D eigenvalue weighted by atomic mass is 79.9. The molecular weight excluding hydrogens is 452 g/mol. The molecule has 28 heavy (non-hydrogen) atoms. The number of hydrogen-bond acceptors (Lipinski definition) is 5. The molecule has 3 aromatic rings. The molecule has 6 nitrogen and oxygen atoms in total. The van der Waals surface area contributed by atoms with Crippen molar-refractivity contribution < 1.29 is 13.6 Å². The van der Waals surface area contributed by atoms with Crippen LogP contribution in [-0.4, -0.2) is 33.5 Å². The van der Waals surface area contributed by atoms with Gasteiger partial charge >= 0.3 is 0 Å². The van der Waals surface area contributed by atoms with Gasteiger partial charge in [-0.3, -0.25) is 4.79 Å². The molecule has 4 N–H and O–H groups in total. The van der Waals surface area contributed by atoms with Gasteiger partial charge in [0, 0.05) is 12.5 Å². The fraction of sp³-hybridized carbons (Fsp3) is 0.333. The summed E-state index contributed by atoms with van der Waals surface area (Å²) in [4.78, 5) is 12.7. The van der Waals surface area contributed by atoms with Crippen LogP contribution in [0.4, 0.5) is 20.3 Å². The summed E-state index contributed by atoms with van der Waals surface area (Å²) in [5.41, 5.74) is 7.49. The molecule has 0 radical (unpaired) electrons. The van der Waals surface area contributed by atoms with Crippen molar-refractivity contribution in [1.82, 2.24) is 9.61 Å². The molecule has 0 aliphatic heterocycles. The van der Waals surface area contributed by atoms with Crippen molar-refractivity contribution in [2.45, 2.75) is 37.3 Å². The molecule has 148 valence electrons. The number of carbonyl (C=O) groups is 1. The number of alkyl halides is 2. The molecule has 3 aromatic heterocycles. The predicted octanol–water partition coefficient (Wildman–Crippen LogP) is 4.34. The lowest BCUT2D eigenvalue weighted by molar-refractivity contribution is -0.0554. The molecule has 0 aromatic carbocycles. The number of nitrogens with zero attached hydrogens (tertiary/aromatic N) is 2. The van der Waals surface area contributed by atoms with Gasteiger partial charge in [-0.2, -0.15) is 0 Å². The maximum absolute atomic E-state index is 13.9. The molecule has 0 unspecified atom stereocenters. The van der Waals surface area contributed by atoms with E-state index in [-0.39, 0.29) is 12.3 Å². The molecular formula is C18H18BrF2N5OS. The number of anilines is 2. The Morgan fingerprint density at radius 2 is 2.11 bits per heavy atom. The molecule has 1 aliphatic rings. The van der Waals surface area contributed by atoms with Crippen molar-refractivity contribution in [2.75, 3.05) is 10.6 Å². The first-order valence-electron chi connectivity index (χ1n) is 8.78. The fourth-order valence-electron chi connectivity index (χ4n) is 3.35. The van der Waals surface area contributed by atoms with E-state index >= 15 is 0 Å². The van der Waals surface area contributed by atoms with E-state index in [0.717, 1.165) is 9.30 Å². The van der Waals surface area contributed by atoms with Crippen LogP contribution < -0.4 is 16.4 Å². The maximum atomic E-state index is 13.9. The Hall–Kier alpha value is -2.04. The van der Waals surface area contributed by atoms with E-state index in [1.165, 1.54) is 15.9 Å². The van der Waals surface area contributed by atoms with Crippen LogP contribution in [0.1, 0.15) is 29.8 Å². The first-order chi connectivity index (χ1) is 13.3. The lowest BCUT2D eigenvalue weighted by Crippen LogP contribution is -2.55. The number of rotatable bonds is 4. The predicted molar refractivity (Wildman–Crippen MR) is 109 cm³/mol. The number of carbonyl (C=O) groups excluding carboxylic acids is 1. The molecule has 4 rings (SSSR count). The lowest BCUT2D eigenvalue weighted by atomic mass is 9.87.